The first-order valence-corrected chi connectivity index (χ1v) is 18.4. The van der Waals surface area contributed by atoms with Crippen LogP contribution in [0.4, 0.5) is 0 Å². The quantitative estimate of drug-likeness (QED) is 0.127. The van der Waals surface area contributed by atoms with E-state index in [1.165, 1.54) is 5.56 Å². The maximum Gasteiger partial charge on any atom is 0.193 e. The minimum absolute atomic E-state index is 0.0222. The Labute approximate surface area is 329 Å². The summed E-state index contributed by atoms with van der Waals surface area (Å²) in [5.41, 5.74) is 11.8. The maximum atomic E-state index is 12.8. The Balaban J connectivity index is 0.000000198. The number of carbonyl (C=O) groups is 3. The lowest BCUT2D eigenvalue weighted by Gasteiger charge is -2.03. The van der Waals surface area contributed by atoms with E-state index >= 15 is 0 Å². The van der Waals surface area contributed by atoms with Crippen molar-refractivity contribution in [3.8, 4) is 23.7 Å². The molecule has 56 heavy (non-hydrogen) atoms. The summed E-state index contributed by atoms with van der Waals surface area (Å²) < 4.78 is 0. The second kappa shape index (κ2) is 18.1. The van der Waals surface area contributed by atoms with E-state index in [0.29, 0.717) is 33.4 Å². The van der Waals surface area contributed by atoms with Gasteiger partial charge in [-0.1, -0.05) is 167 Å². The Morgan fingerprint density at radius 1 is 0.286 bits per heavy atom. The largest absolute Gasteiger partial charge is 0.289 e. The van der Waals surface area contributed by atoms with E-state index in [1.807, 2.05) is 166 Å². The molecule has 0 bridgehead atoms. The molecular formula is C53H40O3. The summed E-state index contributed by atoms with van der Waals surface area (Å²) in [4.78, 5) is 38.1. The normalized spacial score (nSPS) is 10.1. The number of aryl methyl sites for hydroxylation is 4. The van der Waals surface area contributed by atoms with E-state index in [2.05, 4.69) is 30.6 Å². The first-order valence-electron chi connectivity index (χ1n) is 18.4. The molecule has 0 N–H and O–H groups in total. The van der Waals surface area contributed by atoms with Crippen LogP contribution < -0.4 is 0 Å². The first kappa shape index (κ1) is 38.4. The SMILES string of the molecule is Cc1ccc(C#Cc2cccc(C(=O)c3ccc(C)cc3)c2)cc1.Cc1ccc(C(=O)c2cccc(C#Cc3cccc(C(=O)c4ccc(C)cc4)c3)c2)cc1. The van der Waals surface area contributed by atoms with Gasteiger partial charge < -0.3 is 0 Å². The number of rotatable bonds is 6. The molecule has 0 radical (unpaired) electrons. The molecule has 0 spiro atoms. The molecule has 0 aliphatic heterocycles. The Morgan fingerprint density at radius 2 is 0.536 bits per heavy atom. The monoisotopic (exact) mass is 724 g/mol. The number of ketones is 3. The standard InChI is InChI=1S/C30H22O2.C23H18O/c1-21-9-15-25(16-10-21)29(31)27-7-3-5-23(19-27)13-14-24-6-4-8-28(20-24)30(32)26-17-11-22(2)12-18-26;1-17-6-10-19(11-7-17)12-13-20-4-3-5-22(16-20)23(24)21-14-8-18(2)9-15-21/h3-12,15-20H,1-2H3;3-11,14-16H,1-2H3. The number of hydrogen-bond donors (Lipinski definition) is 0. The Hall–Kier alpha value is -7.33. The van der Waals surface area contributed by atoms with Crippen molar-refractivity contribution in [1.29, 1.82) is 0 Å². The van der Waals surface area contributed by atoms with Gasteiger partial charge in [-0.2, -0.15) is 0 Å². The molecule has 0 fully saturated rings. The summed E-state index contributed by atoms with van der Waals surface area (Å²) in [6.45, 7) is 8.05. The van der Waals surface area contributed by atoms with Gasteiger partial charge in [0.05, 0.1) is 0 Å². The lowest BCUT2D eigenvalue weighted by atomic mass is 9.99. The highest BCUT2D eigenvalue weighted by Crippen LogP contribution is 2.16. The summed E-state index contributed by atoms with van der Waals surface area (Å²) in [5.74, 6) is 12.5. The molecule has 0 amide bonds. The van der Waals surface area contributed by atoms with Gasteiger partial charge in [0.25, 0.3) is 0 Å². The number of hydrogen-bond acceptors (Lipinski definition) is 3. The molecule has 7 rings (SSSR count). The highest BCUT2D eigenvalue weighted by atomic mass is 16.1. The van der Waals surface area contributed by atoms with Crippen LogP contribution >= 0.6 is 0 Å². The highest BCUT2D eigenvalue weighted by molar-refractivity contribution is 6.10. The van der Waals surface area contributed by atoms with Crippen LogP contribution in [0.3, 0.4) is 0 Å². The van der Waals surface area contributed by atoms with E-state index in [9.17, 15) is 14.4 Å². The van der Waals surface area contributed by atoms with Gasteiger partial charge in [-0.25, -0.2) is 0 Å². The van der Waals surface area contributed by atoms with Crippen molar-refractivity contribution in [3.05, 3.63) is 248 Å². The molecule has 3 heteroatoms. The maximum absolute atomic E-state index is 12.8. The average molecular weight is 725 g/mol. The lowest BCUT2D eigenvalue weighted by Crippen LogP contribution is -2.01. The third-order valence-electron chi connectivity index (χ3n) is 9.07. The zero-order valence-corrected chi connectivity index (χ0v) is 31.9. The molecule has 0 saturated heterocycles. The van der Waals surface area contributed by atoms with E-state index in [0.717, 1.165) is 38.9 Å². The van der Waals surface area contributed by atoms with Gasteiger partial charge in [0.15, 0.2) is 17.3 Å². The van der Waals surface area contributed by atoms with Gasteiger partial charge in [-0.05, 0) is 76.2 Å². The fourth-order valence-corrected chi connectivity index (χ4v) is 5.75. The van der Waals surface area contributed by atoms with Crippen molar-refractivity contribution >= 4 is 17.3 Å². The molecule has 0 unspecified atom stereocenters. The van der Waals surface area contributed by atoms with Crippen LogP contribution in [-0.2, 0) is 0 Å². The molecule has 0 atom stereocenters. The Kier molecular flexibility index (Phi) is 12.4. The molecule has 0 aromatic heterocycles. The topological polar surface area (TPSA) is 51.2 Å². The van der Waals surface area contributed by atoms with E-state index < -0.39 is 0 Å². The van der Waals surface area contributed by atoms with Gasteiger partial charge in [0, 0.05) is 55.6 Å². The van der Waals surface area contributed by atoms with Crippen molar-refractivity contribution in [1.82, 2.24) is 0 Å². The molecule has 0 aliphatic carbocycles. The first-order chi connectivity index (χ1) is 27.1. The Morgan fingerprint density at radius 3 is 0.821 bits per heavy atom. The smallest absolute Gasteiger partial charge is 0.193 e. The van der Waals surface area contributed by atoms with E-state index in [4.69, 9.17) is 0 Å². The van der Waals surface area contributed by atoms with E-state index in [-0.39, 0.29) is 17.3 Å². The van der Waals surface area contributed by atoms with Gasteiger partial charge >= 0.3 is 0 Å². The van der Waals surface area contributed by atoms with Gasteiger partial charge in [-0.15, -0.1) is 0 Å². The zero-order chi connectivity index (χ0) is 39.4. The minimum Gasteiger partial charge on any atom is -0.289 e. The summed E-state index contributed by atoms with van der Waals surface area (Å²) in [6.07, 6.45) is 0. The molecule has 3 nitrogen and oxygen atoms in total. The van der Waals surface area contributed by atoms with Crippen LogP contribution in [-0.4, -0.2) is 17.3 Å². The second-order valence-corrected chi connectivity index (χ2v) is 13.7. The third kappa shape index (κ3) is 10.4. The summed E-state index contributed by atoms with van der Waals surface area (Å²) in [5, 5.41) is 0. The van der Waals surface area contributed by atoms with Crippen LogP contribution in [0.25, 0.3) is 0 Å². The van der Waals surface area contributed by atoms with Crippen molar-refractivity contribution < 1.29 is 14.4 Å². The van der Waals surface area contributed by atoms with E-state index in [1.54, 1.807) is 24.3 Å². The summed E-state index contributed by atoms with van der Waals surface area (Å²) >= 11 is 0. The van der Waals surface area contributed by atoms with Crippen molar-refractivity contribution in [3.63, 3.8) is 0 Å². The molecule has 7 aromatic rings. The fourth-order valence-electron chi connectivity index (χ4n) is 5.75. The van der Waals surface area contributed by atoms with Crippen LogP contribution in [0.1, 0.15) is 92.3 Å². The van der Waals surface area contributed by atoms with Crippen LogP contribution in [0.5, 0.6) is 0 Å². The Bertz CT molecular complexity index is 2530. The third-order valence-corrected chi connectivity index (χ3v) is 9.07. The number of benzene rings is 7. The molecule has 0 saturated carbocycles. The van der Waals surface area contributed by atoms with Crippen LogP contribution in [0.2, 0.25) is 0 Å². The molecule has 0 heterocycles. The van der Waals surface area contributed by atoms with Crippen LogP contribution in [0.15, 0.2) is 170 Å². The van der Waals surface area contributed by atoms with Crippen LogP contribution in [0, 0.1) is 51.4 Å². The minimum atomic E-state index is -0.0284. The van der Waals surface area contributed by atoms with Gasteiger partial charge in [-0.3, -0.25) is 14.4 Å². The predicted molar refractivity (Wildman–Crippen MR) is 226 cm³/mol. The van der Waals surface area contributed by atoms with Crippen molar-refractivity contribution in [2.45, 2.75) is 27.7 Å². The summed E-state index contributed by atoms with van der Waals surface area (Å²) in [6, 6.07) is 52.9. The second-order valence-electron chi connectivity index (χ2n) is 13.7. The number of carbonyl (C=O) groups excluding carboxylic acids is 3. The van der Waals surface area contributed by atoms with Crippen molar-refractivity contribution in [2.75, 3.05) is 0 Å². The van der Waals surface area contributed by atoms with Gasteiger partial charge in [0.2, 0.25) is 0 Å². The molecule has 0 aliphatic rings. The fraction of sp³-hybridized carbons (Fsp3) is 0.0755. The zero-order valence-electron chi connectivity index (χ0n) is 31.9. The summed E-state index contributed by atoms with van der Waals surface area (Å²) in [7, 11) is 0. The van der Waals surface area contributed by atoms with Crippen molar-refractivity contribution in [2.24, 2.45) is 0 Å². The lowest BCUT2D eigenvalue weighted by molar-refractivity contribution is 0.103. The molecular weight excluding hydrogens is 685 g/mol. The van der Waals surface area contributed by atoms with Gasteiger partial charge in [0.1, 0.15) is 0 Å². The molecule has 7 aromatic carbocycles. The molecule has 270 valence electrons. The highest BCUT2D eigenvalue weighted by Gasteiger charge is 2.11. The average Bonchev–Trinajstić information content (AvgIpc) is 3.23. The predicted octanol–water partition coefficient (Wildman–Crippen LogP) is 11.1.